The van der Waals surface area contributed by atoms with Crippen molar-refractivity contribution in [3.63, 3.8) is 0 Å². The number of rotatable bonds is 7. The Bertz CT molecular complexity index is 340. The topological polar surface area (TPSA) is 96.9 Å². The number of amides is 2. The number of carboxylic acids is 1. The fourth-order valence-corrected chi connectivity index (χ4v) is 2.08. The van der Waals surface area contributed by atoms with E-state index in [1.807, 2.05) is 13.8 Å². The number of carbonyl (C=O) groups is 2. The van der Waals surface area contributed by atoms with Crippen LogP contribution in [0.5, 0.6) is 0 Å². The molecule has 1 heterocycles. The molecule has 2 unspecified atom stereocenters. The fraction of sp³-hybridized carbons (Fsp3) is 0.846. The Labute approximate surface area is 119 Å². The third-order valence-corrected chi connectivity index (χ3v) is 3.68. The monoisotopic (exact) mass is 288 g/mol. The van der Waals surface area contributed by atoms with Gasteiger partial charge in [-0.3, -0.25) is 4.79 Å². The molecular formula is C13H24N2O5. The Morgan fingerprint density at radius 1 is 1.40 bits per heavy atom. The smallest absolute Gasteiger partial charge is 0.314 e. The van der Waals surface area contributed by atoms with Gasteiger partial charge in [-0.15, -0.1) is 0 Å². The number of methoxy groups -OCH3 is 1. The third kappa shape index (κ3) is 4.64. The zero-order chi connectivity index (χ0) is 15.2. The molecule has 116 valence electrons. The van der Waals surface area contributed by atoms with E-state index in [2.05, 4.69) is 10.6 Å². The summed E-state index contributed by atoms with van der Waals surface area (Å²) >= 11 is 0. The van der Waals surface area contributed by atoms with E-state index in [9.17, 15) is 9.59 Å². The average Bonchev–Trinajstić information content (AvgIpc) is 2.85. The van der Waals surface area contributed by atoms with E-state index in [4.69, 9.17) is 14.6 Å². The van der Waals surface area contributed by atoms with Crippen LogP contribution in [0.25, 0.3) is 0 Å². The third-order valence-electron chi connectivity index (χ3n) is 3.68. The molecule has 2 atom stereocenters. The second-order valence-corrected chi connectivity index (χ2v) is 5.44. The van der Waals surface area contributed by atoms with E-state index < -0.39 is 17.5 Å². The van der Waals surface area contributed by atoms with Gasteiger partial charge in [0.25, 0.3) is 0 Å². The molecule has 7 heteroatoms. The molecule has 7 nitrogen and oxygen atoms in total. The van der Waals surface area contributed by atoms with E-state index >= 15 is 0 Å². The van der Waals surface area contributed by atoms with Gasteiger partial charge in [0.05, 0.1) is 19.1 Å². The Balaban J connectivity index is 2.34. The quantitative estimate of drug-likeness (QED) is 0.632. The normalized spacial score (nSPS) is 23.6. The van der Waals surface area contributed by atoms with Crippen LogP contribution in [0.15, 0.2) is 0 Å². The van der Waals surface area contributed by atoms with Crippen LogP contribution >= 0.6 is 0 Å². The number of ether oxygens (including phenoxy) is 2. The first kappa shape index (κ1) is 16.7. The van der Waals surface area contributed by atoms with E-state index in [1.165, 1.54) is 0 Å². The lowest BCUT2D eigenvalue weighted by atomic mass is 9.96. The lowest BCUT2D eigenvalue weighted by Crippen LogP contribution is -2.49. The molecular weight excluding hydrogens is 264 g/mol. The summed E-state index contributed by atoms with van der Waals surface area (Å²) in [4.78, 5) is 22.7. The molecule has 0 aliphatic carbocycles. The van der Waals surface area contributed by atoms with Gasteiger partial charge < -0.3 is 25.2 Å². The zero-order valence-electron chi connectivity index (χ0n) is 12.3. The highest BCUT2D eigenvalue weighted by atomic mass is 16.5. The van der Waals surface area contributed by atoms with E-state index in [0.29, 0.717) is 19.8 Å². The highest BCUT2D eigenvalue weighted by molar-refractivity contribution is 5.76. The summed E-state index contributed by atoms with van der Waals surface area (Å²) in [6.45, 7) is 5.14. The predicted molar refractivity (Wildman–Crippen MR) is 72.5 cm³/mol. The molecule has 2 amide bonds. The number of urea groups is 1. The highest BCUT2D eigenvalue weighted by Crippen LogP contribution is 2.21. The van der Waals surface area contributed by atoms with Gasteiger partial charge in [0.15, 0.2) is 0 Å². The van der Waals surface area contributed by atoms with Crippen LogP contribution in [0.2, 0.25) is 0 Å². The van der Waals surface area contributed by atoms with Crippen molar-refractivity contribution in [2.24, 2.45) is 11.8 Å². The van der Waals surface area contributed by atoms with Crippen molar-refractivity contribution in [3.05, 3.63) is 0 Å². The Hall–Kier alpha value is -1.34. The number of aliphatic carboxylic acids is 1. The number of nitrogens with one attached hydrogen (secondary N) is 2. The maximum Gasteiger partial charge on any atom is 0.314 e. The Kier molecular flexibility index (Phi) is 6.22. The first-order valence-corrected chi connectivity index (χ1v) is 6.77. The fourth-order valence-electron chi connectivity index (χ4n) is 2.08. The van der Waals surface area contributed by atoms with E-state index in [1.54, 1.807) is 7.11 Å². The molecule has 0 aromatic rings. The molecule has 3 N–H and O–H groups in total. The number of carbonyl (C=O) groups excluding carboxylic acids is 1. The van der Waals surface area contributed by atoms with Gasteiger partial charge in [0.2, 0.25) is 0 Å². The maximum absolute atomic E-state index is 11.7. The van der Waals surface area contributed by atoms with Gasteiger partial charge >= 0.3 is 12.0 Å². The number of carboxylic acid groups (broad SMARTS) is 1. The van der Waals surface area contributed by atoms with Crippen molar-refractivity contribution >= 4 is 12.0 Å². The molecule has 1 rings (SSSR count). The Morgan fingerprint density at radius 3 is 2.55 bits per heavy atom. The summed E-state index contributed by atoms with van der Waals surface area (Å²) in [7, 11) is 1.59. The van der Waals surface area contributed by atoms with Crippen LogP contribution in [0, 0.1) is 11.8 Å². The predicted octanol–water partition coefficient (Wildman–Crippen LogP) is 0.448. The molecule has 0 spiro atoms. The van der Waals surface area contributed by atoms with Crippen LogP contribution in [0.4, 0.5) is 4.79 Å². The van der Waals surface area contributed by atoms with Crippen LogP contribution in [-0.2, 0) is 14.3 Å². The molecule has 0 aromatic heterocycles. The molecule has 0 saturated carbocycles. The second-order valence-electron chi connectivity index (χ2n) is 5.44. The van der Waals surface area contributed by atoms with Crippen LogP contribution < -0.4 is 10.6 Å². The summed E-state index contributed by atoms with van der Waals surface area (Å²) in [5, 5.41) is 14.3. The van der Waals surface area contributed by atoms with Gasteiger partial charge in [-0.1, -0.05) is 13.8 Å². The van der Waals surface area contributed by atoms with Gasteiger partial charge in [0.1, 0.15) is 5.60 Å². The lowest BCUT2D eigenvalue weighted by molar-refractivity contribution is -0.142. The standard InChI is InChI=1S/C13H24N2O5/c1-9(2)10(11(16)17)6-14-12(18)15-7-13(19-3)4-5-20-8-13/h9-10H,4-8H2,1-3H3,(H,16,17)(H2,14,15,18). The Morgan fingerprint density at radius 2 is 2.10 bits per heavy atom. The molecule has 1 aliphatic rings. The molecule has 20 heavy (non-hydrogen) atoms. The second kappa shape index (κ2) is 7.44. The lowest BCUT2D eigenvalue weighted by Gasteiger charge is -2.26. The average molecular weight is 288 g/mol. The number of hydrogen-bond donors (Lipinski definition) is 3. The molecule has 0 bridgehead atoms. The van der Waals surface area contributed by atoms with Gasteiger partial charge in [-0.25, -0.2) is 4.79 Å². The molecule has 1 fully saturated rings. The van der Waals surface area contributed by atoms with Gasteiger partial charge in [-0.2, -0.15) is 0 Å². The minimum atomic E-state index is -0.905. The first-order valence-electron chi connectivity index (χ1n) is 6.77. The highest BCUT2D eigenvalue weighted by Gasteiger charge is 2.35. The summed E-state index contributed by atoms with van der Waals surface area (Å²) < 4.78 is 10.7. The molecule has 0 radical (unpaired) electrons. The van der Waals surface area contributed by atoms with Crippen molar-refractivity contribution in [1.82, 2.24) is 10.6 Å². The van der Waals surface area contributed by atoms with Gasteiger partial charge in [0, 0.05) is 26.7 Å². The van der Waals surface area contributed by atoms with E-state index in [0.717, 1.165) is 6.42 Å². The molecule has 1 saturated heterocycles. The summed E-state index contributed by atoms with van der Waals surface area (Å²) in [6, 6.07) is -0.389. The summed E-state index contributed by atoms with van der Waals surface area (Å²) in [6.07, 6.45) is 0.730. The van der Waals surface area contributed by atoms with E-state index in [-0.39, 0.29) is 18.5 Å². The van der Waals surface area contributed by atoms with Crippen molar-refractivity contribution in [2.45, 2.75) is 25.9 Å². The van der Waals surface area contributed by atoms with Crippen LogP contribution in [-0.4, -0.2) is 56.1 Å². The SMILES string of the molecule is COC1(CNC(=O)NCC(C(=O)O)C(C)C)CCOC1. The van der Waals surface area contributed by atoms with Crippen molar-refractivity contribution in [1.29, 1.82) is 0 Å². The summed E-state index contributed by atoms with van der Waals surface area (Å²) in [5.74, 6) is -1.54. The van der Waals surface area contributed by atoms with Gasteiger partial charge in [-0.05, 0) is 5.92 Å². The minimum absolute atomic E-state index is 0.0404. The minimum Gasteiger partial charge on any atom is -0.481 e. The largest absolute Gasteiger partial charge is 0.481 e. The van der Waals surface area contributed by atoms with Crippen LogP contribution in [0.3, 0.4) is 0 Å². The van der Waals surface area contributed by atoms with Crippen molar-refractivity contribution in [2.75, 3.05) is 33.4 Å². The maximum atomic E-state index is 11.7. The van der Waals surface area contributed by atoms with Crippen molar-refractivity contribution < 1.29 is 24.2 Å². The summed E-state index contributed by atoms with van der Waals surface area (Å²) in [5.41, 5.74) is -0.471. The number of hydrogen-bond acceptors (Lipinski definition) is 4. The first-order chi connectivity index (χ1) is 9.40. The zero-order valence-corrected chi connectivity index (χ0v) is 12.3. The van der Waals surface area contributed by atoms with Crippen molar-refractivity contribution in [3.8, 4) is 0 Å². The molecule has 1 aliphatic heterocycles. The van der Waals surface area contributed by atoms with Crippen LogP contribution in [0.1, 0.15) is 20.3 Å². The molecule has 0 aromatic carbocycles.